The molecule has 0 spiro atoms. The fraction of sp³-hybridized carbons (Fsp3) is 0.0952. The number of hydrogen-bond acceptors (Lipinski definition) is 2. The molecule has 1 heterocycles. The Balaban J connectivity index is 1.99. The Morgan fingerprint density at radius 3 is 2.33 bits per heavy atom. The molecule has 0 atom stereocenters. The first-order valence-electron chi connectivity index (χ1n) is 8.40. The van der Waals surface area contributed by atoms with Gasteiger partial charge in [0.2, 0.25) is 0 Å². The summed E-state index contributed by atoms with van der Waals surface area (Å²) in [4.78, 5) is 0. The largest absolute Gasteiger partial charge is 0.418 e. The molecule has 0 aliphatic carbocycles. The summed E-state index contributed by atoms with van der Waals surface area (Å²) >= 11 is 0. The van der Waals surface area contributed by atoms with E-state index in [0.29, 0.717) is 23.3 Å². The second-order valence-electron chi connectivity index (χ2n) is 6.32. The average Bonchev–Trinajstić information content (AvgIpc) is 2.99. The lowest BCUT2D eigenvalue weighted by Gasteiger charge is -2.09. The van der Waals surface area contributed by atoms with Gasteiger partial charge in [0.25, 0.3) is 0 Å². The van der Waals surface area contributed by atoms with E-state index in [0.717, 1.165) is 17.2 Å². The quantitative estimate of drug-likeness (QED) is 0.496. The predicted octanol–water partition coefficient (Wildman–Crippen LogP) is 5.35. The molecular formula is C21H16F3N3. The molecule has 0 aliphatic rings. The maximum atomic E-state index is 13.5. The highest BCUT2D eigenvalue weighted by Gasteiger charge is 2.34. The summed E-state index contributed by atoms with van der Waals surface area (Å²) in [6, 6.07) is 20.7. The van der Waals surface area contributed by atoms with Gasteiger partial charge >= 0.3 is 6.18 Å². The third-order valence-corrected chi connectivity index (χ3v) is 4.41. The van der Waals surface area contributed by atoms with Gasteiger partial charge in [-0.1, -0.05) is 54.6 Å². The number of nitrogens with zero attached hydrogens (tertiary/aromatic N) is 2. The Hall–Kier alpha value is -3.28. The van der Waals surface area contributed by atoms with Crippen LogP contribution in [0.1, 0.15) is 11.1 Å². The lowest BCUT2D eigenvalue weighted by atomic mass is 10.0. The van der Waals surface area contributed by atoms with Gasteiger partial charge in [-0.2, -0.15) is 18.3 Å². The van der Waals surface area contributed by atoms with Crippen molar-refractivity contribution in [2.24, 2.45) is 0 Å². The molecule has 0 radical (unpaired) electrons. The first-order valence-corrected chi connectivity index (χ1v) is 8.40. The number of alkyl halides is 3. The second kappa shape index (κ2) is 6.46. The molecule has 0 amide bonds. The van der Waals surface area contributed by atoms with Gasteiger partial charge in [-0.05, 0) is 23.8 Å². The molecular weight excluding hydrogens is 351 g/mol. The maximum Gasteiger partial charge on any atom is 0.418 e. The normalized spacial score (nSPS) is 11.8. The zero-order chi connectivity index (χ0) is 19.0. The van der Waals surface area contributed by atoms with E-state index < -0.39 is 11.7 Å². The molecule has 0 bridgehead atoms. The summed E-state index contributed by atoms with van der Waals surface area (Å²) in [5.41, 5.74) is 7.94. The van der Waals surface area contributed by atoms with Gasteiger partial charge in [-0.3, -0.25) is 4.68 Å². The molecule has 3 nitrogen and oxygen atoms in total. The van der Waals surface area contributed by atoms with Crippen molar-refractivity contribution in [2.45, 2.75) is 12.7 Å². The van der Waals surface area contributed by atoms with E-state index in [-0.39, 0.29) is 5.52 Å². The van der Waals surface area contributed by atoms with Gasteiger partial charge in [0.15, 0.2) is 0 Å². The number of hydrogen-bond donors (Lipinski definition) is 1. The minimum Gasteiger partial charge on any atom is -0.399 e. The average molecular weight is 367 g/mol. The number of aromatic nitrogens is 2. The minimum atomic E-state index is -4.47. The van der Waals surface area contributed by atoms with E-state index >= 15 is 0 Å². The highest BCUT2D eigenvalue weighted by Crippen LogP contribution is 2.38. The molecule has 0 fully saturated rings. The minimum absolute atomic E-state index is 0.0571. The molecule has 1 aromatic heterocycles. The van der Waals surface area contributed by atoms with Gasteiger partial charge in [0, 0.05) is 16.6 Å². The highest BCUT2D eigenvalue weighted by atomic mass is 19.4. The van der Waals surface area contributed by atoms with Crippen molar-refractivity contribution in [3.8, 4) is 11.3 Å². The van der Waals surface area contributed by atoms with Crippen LogP contribution in [0.15, 0.2) is 72.8 Å². The van der Waals surface area contributed by atoms with Crippen molar-refractivity contribution in [2.75, 3.05) is 5.73 Å². The Morgan fingerprint density at radius 2 is 1.63 bits per heavy atom. The summed E-state index contributed by atoms with van der Waals surface area (Å²) < 4.78 is 42.1. The van der Waals surface area contributed by atoms with Crippen LogP contribution in [0.4, 0.5) is 18.9 Å². The Labute approximate surface area is 153 Å². The SMILES string of the molecule is Nc1cccc(-c2c3cccc(C(F)(F)F)c3nn2Cc2ccccc2)c1. The van der Waals surface area contributed by atoms with Gasteiger partial charge in [0.1, 0.15) is 5.52 Å². The Kier molecular flexibility index (Phi) is 4.11. The van der Waals surface area contributed by atoms with Crippen molar-refractivity contribution in [1.29, 1.82) is 0 Å². The van der Waals surface area contributed by atoms with Gasteiger partial charge in [-0.15, -0.1) is 0 Å². The highest BCUT2D eigenvalue weighted by molar-refractivity contribution is 5.95. The second-order valence-corrected chi connectivity index (χ2v) is 6.32. The number of nitrogen functional groups attached to an aromatic ring is 1. The monoisotopic (exact) mass is 367 g/mol. The summed E-state index contributed by atoms with van der Waals surface area (Å²) in [7, 11) is 0. The fourth-order valence-electron chi connectivity index (χ4n) is 3.24. The summed E-state index contributed by atoms with van der Waals surface area (Å²) in [5, 5.41) is 4.79. The zero-order valence-corrected chi connectivity index (χ0v) is 14.2. The van der Waals surface area contributed by atoms with Crippen LogP contribution >= 0.6 is 0 Å². The standard InChI is InChI=1S/C21H16F3N3/c22-21(23,24)18-11-5-10-17-19(18)26-27(13-14-6-2-1-3-7-14)20(17)15-8-4-9-16(25)12-15/h1-12H,13,25H2. The molecule has 27 heavy (non-hydrogen) atoms. The number of halogens is 3. The predicted molar refractivity (Wildman–Crippen MR) is 100 cm³/mol. The smallest absolute Gasteiger partial charge is 0.399 e. The van der Waals surface area contributed by atoms with Crippen LogP contribution in [-0.4, -0.2) is 9.78 Å². The molecule has 0 saturated heterocycles. The lowest BCUT2D eigenvalue weighted by molar-refractivity contribution is -0.136. The molecule has 136 valence electrons. The molecule has 0 saturated carbocycles. The summed E-state index contributed by atoms with van der Waals surface area (Å²) in [6.07, 6.45) is -4.47. The lowest BCUT2D eigenvalue weighted by Crippen LogP contribution is -2.06. The maximum absolute atomic E-state index is 13.5. The topological polar surface area (TPSA) is 43.8 Å². The van der Waals surface area contributed by atoms with Crippen molar-refractivity contribution in [3.63, 3.8) is 0 Å². The van der Waals surface area contributed by atoms with E-state index in [1.165, 1.54) is 6.07 Å². The number of anilines is 1. The number of nitrogens with two attached hydrogens (primary N) is 1. The Morgan fingerprint density at radius 1 is 0.889 bits per heavy atom. The molecule has 4 rings (SSSR count). The van der Waals surface area contributed by atoms with Crippen LogP contribution < -0.4 is 5.73 Å². The van der Waals surface area contributed by atoms with Gasteiger partial charge < -0.3 is 5.73 Å². The van der Waals surface area contributed by atoms with E-state index in [4.69, 9.17) is 5.73 Å². The van der Waals surface area contributed by atoms with Crippen LogP contribution in [0.2, 0.25) is 0 Å². The van der Waals surface area contributed by atoms with Crippen LogP contribution in [0.3, 0.4) is 0 Å². The van der Waals surface area contributed by atoms with E-state index in [1.807, 2.05) is 36.4 Å². The first kappa shape index (κ1) is 17.1. The summed E-state index contributed by atoms with van der Waals surface area (Å²) in [6.45, 7) is 0.358. The third kappa shape index (κ3) is 3.26. The van der Waals surface area contributed by atoms with Gasteiger partial charge in [0.05, 0.1) is 17.8 Å². The molecule has 2 N–H and O–H groups in total. The third-order valence-electron chi connectivity index (χ3n) is 4.41. The molecule has 3 aromatic carbocycles. The van der Waals surface area contributed by atoms with E-state index in [9.17, 15) is 13.2 Å². The van der Waals surface area contributed by atoms with Crippen LogP contribution in [-0.2, 0) is 12.7 Å². The van der Waals surface area contributed by atoms with Gasteiger partial charge in [-0.25, -0.2) is 0 Å². The van der Waals surface area contributed by atoms with Crippen LogP contribution in [0.5, 0.6) is 0 Å². The molecule has 0 unspecified atom stereocenters. The zero-order valence-electron chi connectivity index (χ0n) is 14.2. The Bertz CT molecular complexity index is 1100. The fourth-order valence-corrected chi connectivity index (χ4v) is 3.24. The van der Waals surface area contributed by atoms with Crippen molar-refractivity contribution in [3.05, 3.63) is 83.9 Å². The van der Waals surface area contributed by atoms with Crippen molar-refractivity contribution in [1.82, 2.24) is 9.78 Å². The number of rotatable bonds is 3. The molecule has 6 heteroatoms. The van der Waals surface area contributed by atoms with Crippen molar-refractivity contribution < 1.29 is 13.2 Å². The van der Waals surface area contributed by atoms with E-state index in [1.54, 1.807) is 28.9 Å². The molecule has 0 aliphatic heterocycles. The van der Waals surface area contributed by atoms with Crippen LogP contribution in [0.25, 0.3) is 22.2 Å². The number of fused-ring (bicyclic) bond motifs is 1. The van der Waals surface area contributed by atoms with Crippen LogP contribution in [0, 0.1) is 0 Å². The summed E-state index contributed by atoms with van der Waals surface area (Å²) in [5.74, 6) is 0. The molecule has 4 aromatic rings. The number of benzene rings is 3. The first-order chi connectivity index (χ1) is 12.9. The van der Waals surface area contributed by atoms with E-state index in [2.05, 4.69) is 5.10 Å². The van der Waals surface area contributed by atoms with Crippen molar-refractivity contribution >= 4 is 16.6 Å².